The highest BCUT2D eigenvalue weighted by Crippen LogP contribution is 2.38. The van der Waals surface area contributed by atoms with Gasteiger partial charge in [0.15, 0.2) is 0 Å². The molecule has 1 fully saturated rings. The van der Waals surface area contributed by atoms with E-state index in [1.807, 2.05) is 18.4 Å². The molecule has 10 heteroatoms. The minimum absolute atomic E-state index is 0.0334. The summed E-state index contributed by atoms with van der Waals surface area (Å²) in [6.07, 6.45) is -3.45. The highest BCUT2D eigenvalue weighted by molar-refractivity contribution is 5.80. The third kappa shape index (κ3) is 5.53. The first-order valence-electron chi connectivity index (χ1n) is 11.9. The number of hydrogen-bond acceptors (Lipinski definition) is 6. The van der Waals surface area contributed by atoms with Crippen molar-refractivity contribution in [1.29, 1.82) is 0 Å². The molecule has 0 radical (unpaired) electrons. The number of hydrogen-bond donors (Lipinski definition) is 2. The summed E-state index contributed by atoms with van der Waals surface area (Å²) in [5.74, 6) is 0.811. The fraction of sp³-hybridized carbons (Fsp3) is 0.423. The summed E-state index contributed by atoms with van der Waals surface area (Å²) in [7, 11) is 1.73. The van der Waals surface area contributed by atoms with Crippen LogP contribution in [0.5, 0.6) is 0 Å². The fourth-order valence-corrected chi connectivity index (χ4v) is 4.50. The molecule has 1 aromatic carbocycles. The molecule has 192 valence electrons. The molecule has 2 atom stereocenters. The van der Waals surface area contributed by atoms with Crippen LogP contribution in [-0.4, -0.2) is 44.9 Å². The van der Waals surface area contributed by atoms with Gasteiger partial charge < -0.3 is 19.7 Å². The third-order valence-electron chi connectivity index (χ3n) is 6.18. The molecule has 4 rings (SSSR count). The molecule has 0 aliphatic carbocycles. The van der Waals surface area contributed by atoms with Gasteiger partial charge in [0.2, 0.25) is 0 Å². The Hall–Kier alpha value is -3.40. The Morgan fingerprint density at radius 1 is 1.22 bits per heavy atom. The van der Waals surface area contributed by atoms with Gasteiger partial charge in [0.1, 0.15) is 17.7 Å². The van der Waals surface area contributed by atoms with E-state index in [1.165, 1.54) is 6.07 Å². The SMILES string of the molecule is CNc1cc(-c2nc(C(C)C)n(CC[C@@H]3C[C@@H](O)CC(=O)O3)c2-c2cccc(C(F)(F)F)c2)ccn1. The van der Waals surface area contributed by atoms with Crippen LogP contribution in [0.3, 0.4) is 0 Å². The number of carbonyl (C=O) groups is 1. The third-order valence-corrected chi connectivity index (χ3v) is 6.18. The average Bonchev–Trinajstić information content (AvgIpc) is 3.21. The molecule has 0 spiro atoms. The summed E-state index contributed by atoms with van der Waals surface area (Å²) in [6.45, 7) is 4.28. The van der Waals surface area contributed by atoms with Crippen LogP contribution >= 0.6 is 0 Å². The summed E-state index contributed by atoms with van der Waals surface area (Å²) >= 11 is 0. The first kappa shape index (κ1) is 25.7. The number of alkyl halides is 3. The van der Waals surface area contributed by atoms with Crippen molar-refractivity contribution in [1.82, 2.24) is 14.5 Å². The lowest BCUT2D eigenvalue weighted by molar-refractivity contribution is -0.160. The van der Waals surface area contributed by atoms with Gasteiger partial charge in [0.05, 0.1) is 29.5 Å². The Morgan fingerprint density at radius 3 is 2.67 bits per heavy atom. The van der Waals surface area contributed by atoms with E-state index < -0.39 is 29.9 Å². The van der Waals surface area contributed by atoms with E-state index in [0.717, 1.165) is 12.1 Å². The molecule has 36 heavy (non-hydrogen) atoms. The zero-order valence-electron chi connectivity index (χ0n) is 20.3. The van der Waals surface area contributed by atoms with E-state index in [4.69, 9.17) is 9.72 Å². The number of ether oxygens (including phenoxy) is 1. The number of benzene rings is 1. The summed E-state index contributed by atoms with van der Waals surface area (Å²) in [5.41, 5.74) is 1.42. The van der Waals surface area contributed by atoms with Crippen LogP contribution in [0.4, 0.5) is 19.0 Å². The lowest BCUT2D eigenvalue weighted by Gasteiger charge is -2.26. The fourth-order valence-electron chi connectivity index (χ4n) is 4.50. The predicted octanol–water partition coefficient (Wildman–Crippen LogP) is 5.25. The number of esters is 1. The molecule has 0 bridgehead atoms. The molecule has 0 saturated carbocycles. The van der Waals surface area contributed by atoms with Crippen LogP contribution < -0.4 is 5.32 Å². The zero-order chi connectivity index (χ0) is 26.0. The maximum atomic E-state index is 13.6. The van der Waals surface area contributed by atoms with Crippen molar-refractivity contribution in [3.63, 3.8) is 0 Å². The van der Waals surface area contributed by atoms with Gasteiger partial charge in [-0.25, -0.2) is 9.97 Å². The Morgan fingerprint density at radius 2 is 2.00 bits per heavy atom. The second-order valence-corrected chi connectivity index (χ2v) is 9.23. The van der Waals surface area contributed by atoms with Crippen LogP contribution in [0.1, 0.15) is 50.4 Å². The van der Waals surface area contributed by atoms with Crippen LogP contribution in [-0.2, 0) is 22.3 Å². The smallest absolute Gasteiger partial charge is 0.416 e. The molecule has 1 aliphatic heterocycles. The number of aromatic nitrogens is 3. The number of imidazole rings is 1. The van der Waals surface area contributed by atoms with Gasteiger partial charge in [-0.1, -0.05) is 26.0 Å². The molecular weight excluding hydrogens is 473 g/mol. The molecule has 3 heterocycles. The topological polar surface area (TPSA) is 89.3 Å². The highest BCUT2D eigenvalue weighted by atomic mass is 19.4. The number of halogens is 3. The monoisotopic (exact) mass is 502 g/mol. The Balaban J connectivity index is 1.85. The second kappa shape index (κ2) is 10.3. The van der Waals surface area contributed by atoms with Gasteiger partial charge in [0.25, 0.3) is 0 Å². The number of rotatable bonds is 7. The van der Waals surface area contributed by atoms with Crippen molar-refractivity contribution in [2.45, 2.75) is 64.0 Å². The molecule has 7 nitrogen and oxygen atoms in total. The maximum Gasteiger partial charge on any atom is 0.416 e. The molecule has 0 unspecified atom stereocenters. The van der Waals surface area contributed by atoms with Crippen molar-refractivity contribution >= 4 is 11.8 Å². The van der Waals surface area contributed by atoms with Gasteiger partial charge in [-0.2, -0.15) is 13.2 Å². The van der Waals surface area contributed by atoms with E-state index in [0.29, 0.717) is 53.5 Å². The molecule has 3 aromatic rings. The van der Waals surface area contributed by atoms with Crippen molar-refractivity contribution in [2.24, 2.45) is 0 Å². The summed E-state index contributed by atoms with van der Waals surface area (Å²) in [6, 6.07) is 8.77. The summed E-state index contributed by atoms with van der Waals surface area (Å²) < 4.78 is 48.1. The number of nitrogens with zero attached hydrogens (tertiary/aromatic N) is 3. The van der Waals surface area contributed by atoms with Crippen molar-refractivity contribution in [2.75, 3.05) is 12.4 Å². The second-order valence-electron chi connectivity index (χ2n) is 9.23. The average molecular weight is 503 g/mol. The Bertz CT molecular complexity index is 1240. The van der Waals surface area contributed by atoms with E-state index in [2.05, 4.69) is 10.3 Å². The summed E-state index contributed by atoms with van der Waals surface area (Å²) in [4.78, 5) is 20.9. The van der Waals surface area contributed by atoms with Crippen LogP contribution in [0.15, 0.2) is 42.6 Å². The zero-order valence-corrected chi connectivity index (χ0v) is 20.3. The predicted molar refractivity (Wildman–Crippen MR) is 129 cm³/mol. The standard InChI is InChI=1S/C26H29F3N4O3/c1-15(2)25-32-23(16-7-9-31-21(12-16)30-3)24(17-5-4-6-18(11-17)26(27,28)29)33(25)10-8-20-13-19(34)14-22(35)36-20/h4-7,9,11-12,15,19-20,34H,8,10,13-14H2,1-3H3,(H,30,31)/t19-,20-/m1/s1. The van der Waals surface area contributed by atoms with Crippen LogP contribution in [0.25, 0.3) is 22.5 Å². The Kier molecular flexibility index (Phi) is 7.35. The van der Waals surface area contributed by atoms with Crippen LogP contribution in [0.2, 0.25) is 0 Å². The van der Waals surface area contributed by atoms with E-state index in [-0.39, 0.29) is 12.3 Å². The molecule has 0 amide bonds. The van der Waals surface area contributed by atoms with E-state index in [1.54, 1.807) is 31.4 Å². The minimum atomic E-state index is -4.50. The minimum Gasteiger partial charge on any atom is -0.462 e. The number of aliphatic hydroxyl groups is 1. The Labute approximate surface area is 207 Å². The van der Waals surface area contributed by atoms with E-state index in [9.17, 15) is 23.1 Å². The first-order valence-corrected chi connectivity index (χ1v) is 11.9. The number of cyclic esters (lactones) is 1. The van der Waals surface area contributed by atoms with Crippen molar-refractivity contribution in [3.05, 3.63) is 54.0 Å². The number of aliphatic hydroxyl groups excluding tert-OH is 1. The number of pyridine rings is 1. The van der Waals surface area contributed by atoms with Gasteiger partial charge in [-0.15, -0.1) is 0 Å². The molecule has 1 aliphatic rings. The van der Waals surface area contributed by atoms with Gasteiger partial charge in [-0.05, 0) is 24.3 Å². The normalized spacial score (nSPS) is 18.4. The number of anilines is 1. The van der Waals surface area contributed by atoms with Crippen molar-refractivity contribution < 1.29 is 27.8 Å². The lowest BCUT2D eigenvalue weighted by Crippen LogP contribution is -2.33. The maximum absolute atomic E-state index is 13.6. The highest BCUT2D eigenvalue weighted by Gasteiger charge is 2.32. The molecule has 1 saturated heterocycles. The van der Waals surface area contributed by atoms with Gasteiger partial charge in [-0.3, -0.25) is 4.79 Å². The van der Waals surface area contributed by atoms with Crippen molar-refractivity contribution in [3.8, 4) is 22.5 Å². The van der Waals surface area contributed by atoms with Crippen LogP contribution in [0, 0.1) is 0 Å². The quantitative estimate of drug-likeness (QED) is 0.429. The van der Waals surface area contributed by atoms with Gasteiger partial charge >= 0.3 is 12.1 Å². The van der Waals surface area contributed by atoms with Gasteiger partial charge in [0, 0.05) is 49.7 Å². The number of nitrogens with one attached hydrogen (secondary N) is 1. The van der Waals surface area contributed by atoms with E-state index >= 15 is 0 Å². The molecular formula is C26H29F3N4O3. The molecule has 2 aromatic heterocycles. The largest absolute Gasteiger partial charge is 0.462 e. The first-order chi connectivity index (χ1) is 17.1. The molecule has 2 N–H and O–H groups in total. The lowest BCUT2D eigenvalue weighted by atomic mass is 10.0. The summed E-state index contributed by atoms with van der Waals surface area (Å²) in [5, 5.41) is 13.0. The number of carbonyl (C=O) groups excluding carboxylic acids is 1.